The SMILES string of the molecule is CCN1C(=O)NC(c2c(Br)cnn2C)C(C(=O)c2ccc(OC)cc2OC)=C1C(=O)OC. The van der Waals surface area contributed by atoms with Crippen LogP contribution < -0.4 is 14.8 Å². The lowest BCUT2D eigenvalue weighted by Crippen LogP contribution is -2.50. The molecular formula is C21H23BrN4O6. The van der Waals surface area contributed by atoms with Crippen molar-refractivity contribution < 1.29 is 28.6 Å². The maximum Gasteiger partial charge on any atom is 0.355 e. The first-order valence-electron chi connectivity index (χ1n) is 9.63. The van der Waals surface area contributed by atoms with Gasteiger partial charge in [-0.3, -0.25) is 14.4 Å². The zero-order valence-electron chi connectivity index (χ0n) is 18.3. The third-order valence-corrected chi connectivity index (χ3v) is 5.74. The van der Waals surface area contributed by atoms with Crippen molar-refractivity contribution in [3.8, 4) is 11.5 Å². The van der Waals surface area contributed by atoms with E-state index in [-0.39, 0.29) is 29.1 Å². The van der Waals surface area contributed by atoms with Crippen LogP contribution >= 0.6 is 15.9 Å². The topological polar surface area (TPSA) is 112 Å². The summed E-state index contributed by atoms with van der Waals surface area (Å²) in [6, 6.07) is 3.22. The number of ketones is 1. The molecule has 0 spiro atoms. The van der Waals surface area contributed by atoms with Crippen molar-refractivity contribution in [2.45, 2.75) is 13.0 Å². The molecule has 1 aromatic carbocycles. The van der Waals surface area contributed by atoms with Crippen molar-refractivity contribution in [1.29, 1.82) is 0 Å². The molecule has 3 rings (SSSR count). The van der Waals surface area contributed by atoms with E-state index in [1.165, 1.54) is 30.9 Å². The van der Waals surface area contributed by atoms with Crippen molar-refractivity contribution >= 4 is 33.7 Å². The zero-order valence-corrected chi connectivity index (χ0v) is 19.8. The minimum atomic E-state index is -0.972. The second-order valence-corrected chi connectivity index (χ2v) is 7.63. The molecule has 10 nitrogen and oxygen atoms in total. The predicted octanol–water partition coefficient (Wildman–Crippen LogP) is 2.60. The van der Waals surface area contributed by atoms with Crippen LogP contribution in [0.3, 0.4) is 0 Å². The highest BCUT2D eigenvalue weighted by Gasteiger charge is 2.43. The average molecular weight is 507 g/mol. The van der Waals surface area contributed by atoms with Crippen LogP contribution in [0.4, 0.5) is 4.79 Å². The number of likely N-dealkylation sites (N-methyl/N-ethyl adjacent to an activating group) is 1. The third-order valence-electron chi connectivity index (χ3n) is 5.13. The minimum absolute atomic E-state index is 0.0334. The maximum absolute atomic E-state index is 13.9. The van der Waals surface area contributed by atoms with Gasteiger partial charge in [0.1, 0.15) is 23.2 Å². The molecule has 0 radical (unpaired) electrons. The summed E-state index contributed by atoms with van der Waals surface area (Å²) in [6.45, 7) is 1.84. The Morgan fingerprint density at radius 3 is 2.47 bits per heavy atom. The Morgan fingerprint density at radius 2 is 1.94 bits per heavy atom. The van der Waals surface area contributed by atoms with Gasteiger partial charge in [0, 0.05) is 19.7 Å². The van der Waals surface area contributed by atoms with E-state index in [1.807, 2.05) is 0 Å². The second kappa shape index (κ2) is 9.43. The van der Waals surface area contributed by atoms with Crippen LogP contribution in [0, 0.1) is 0 Å². The first-order chi connectivity index (χ1) is 15.3. The fraction of sp³-hybridized carbons (Fsp3) is 0.333. The predicted molar refractivity (Wildman–Crippen MR) is 117 cm³/mol. The van der Waals surface area contributed by atoms with Gasteiger partial charge >= 0.3 is 12.0 Å². The second-order valence-electron chi connectivity index (χ2n) is 6.78. The van der Waals surface area contributed by atoms with E-state index in [9.17, 15) is 14.4 Å². The lowest BCUT2D eigenvalue weighted by atomic mass is 9.90. The molecular weight excluding hydrogens is 484 g/mol. The molecule has 1 N–H and O–H groups in total. The van der Waals surface area contributed by atoms with Gasteiger partial charge in [0.05, 0.1) is 48.8 Å². The van der Waals surface area contributed by atoms with Crippen molar-refractivity contribution in [3.05, 3.63) is 51.4 Å². The van der Waals surface area contributed by atoms with Gasteiger partial charge in [-0.05, 0) is 35.0 Å². The Balaban J connectivity index is 2.33. The van der Waals surface area contributed by atoms with Gasteiger partial charge < -0.3 is 19.5 Å². The number of aryl methyl sites for hydroxylation is 1. The molecule has 1 aliphatic rings. The molecule has 0 aliphatic carbocycles. The lowest BCUT2D eigenvalue weighted by Gasteiger charge is -2.35. The van der Waals surface area contributed by atoms with Crippen LogP contribution in [0.1, 0.15) is 29.0 Å². The Kier molecular flexibility index (Phi) is 6.87. The van der Waals surface area contributed by atoms with Crippen molar-refractivity contribution in [3.63, 3.8) is 0 Å². The van der Waals surface area contributed by atoms with Crippen LogP contribution in [0.2, 0.25) is 0 Å². The number of ether oxygens (including phenoxy) is 3. The number of halogens is 1. The summed E-state index contributed by atoms with van der Waals surface area (Å²) < 4.78 is 17.6. The number of methoxy groups -OCH3 is 3. The van der Waals surface area contributed by atoms with Gasteiger partial charge in [-0.25, -0.2) is 9.59 Å². The third kappa shape index (κ3) is 3.95. The van der Waals surface area contributed by atoms with E-state index in [4.69, 9.17) is 14.2 Å². The number of esters is 1. The number of urea groups is 1. The van der Waals surface area contributed by atoms with E-state index in [0.717, 1.165) is 0 Å². The fourth-order valence-electron chi connectivity index (χ4n) is 3.60. The number of hydrogen-bond acceptors (Lipinski definition) is 7. The van der Waals surface area contributed by atoms with Gasteiger partial charge in [-0.2, -0.15) is 5.10 Å². The zero-order chi connectivity index (χ0) is 23.6. The maximum atomic E-state index is 13.9. The minimum Gasteiger partial charge on any atom is -0.497 e. The summed E-state index contributed by atoms with van der Waals surface area (Å²) in [5, 5.41) is 7.00. The van der Waals surface area contributed by atoms with Crippen molar-refractivity contribution in [2.75, 3.05) is 27.9 Å². The molecule has 0 saturated carbocycles. The van der Waals surface area contributed by atoms with Crippen molar-refractivity contribution in [1.82, 2.24) is 20.0 Å². The summed E-state index contributed by atoms with van der Waals surface area (Å²) in [7, 11) is 5.80. The number of amides is 2. The Hall–Kier alpha value is -3.34. The van der Waals surface area contributed by atoms with Crippen LogP contribution in [-0.4, -0.2) is 60.3 Å². The van der Waals surface area contributed by atoms with E-state index in [0.29, 0.717) is 15.9 Å². The fourth-order valence-corrected chi connectivity index (χ4v) is 4.17. The van der Waals surface area contributed by atoms with E-state index in [2.05, 4.69) is 26.3 Å². The Morgan fingerprint density at radius 1 is 1.22 bits per heavy atom. The highest BCUT2D eigenvalue weighted by molar-refractivity contribution is 9.10. The smallest absolute Gasteiger partial charge is 0.355 e. The molecule has 1 atom stereocenters. The number of nitrogens with one attached hydrogen (secondary N) is 1. The van der Waals surface area contributed by atoms with Crippen LogP contribution in [0.25, 0.3) is 0 Å². The summed E-state index contributed by atoms with van der Waals surface area (Å²) >= 11 is 3.42. The standard InChI is InChI=1S/C21H23BrN4O6/c1-6-26-18(20(28)32-5)15(16(24-21(26)29)17-13(22)10-23-25(17)2)19(27)12-8-7-11(30-3)9-14(12)31-4/h7-10,16H,6H2,1-5H3,(H,24,29). The molecule has 0 bridgehead atoms. The average Bonchev–Trinajstić information content (AvgIpc) is 3.14. The number of benzene rings is 1. The van der Waals surface area contributed by atoms with Gasteiger partial charge in [-0.15, -0.1) is 0 Å². The highest BCUT2D eigenvalue weighted by Crippen LogP contribution is 2.38. The number of Topliss-reactive ketones (excluding diaryl/α,β-unsaturated/α-hetero) is 1. The molecule has 170 valence electrons. The van der Waals surface area contributed by atoms with E-state index < -0.39 is 23.8 Å². The first kappa shape index (κ1) is 23.3. The summed E-state index contributed by atoms with van der Waals surface area (Å²) in [5.74, 6) is -0.560. The Bertz CT molecular complexity index is 1090. The van der Waals surface area contributed by atoms with E-state index >= 15 is 0 Å². The molecule has 32 heavy (non-hydrogen) atoms. The summed E-state index contributed by atoms with van der Waals surface area (Å²) in [4.78, 5) is 40.8. The quantitative estimate of drug-likeness (QED) is 0.453. The van der Waals surface area contributed by atoms with E-state index in [1.54, 1.807) is 38.4 Å². The van der Waals surface area contributed by atoms with Gasteiger partial charge in [-0.1, -0.05) is 0 Å². The highest BCUT2D eigenvalue weighted by atomic mass is 79.9. The summed E-state index contributed by atoms with van der Waals surface area (Å²) in [6.07, 6.45) is 1.54. The molecule has 1 unspecified atom stereocenters. The van der Waals surface area contributed by atoms with Crippen LogP contribution in [0.15, 0.2) is 40.1 Å². The number of rotatable bonds is 7. The van der Waals surface area contributed by atoms with Gasteiger partial charge in [0.25, 0.3) is 0 Å². The van der Waals surface area contributed by atoms with Gasteiger partial charge in [0.15, 0.2) is 5.78 Å². The normalized spacial score (nSPS) is 16.0. The first-order valence-corrected chi connectivity index (χ1v) is 10.4. The molecule has 1 aliphatic heterocycles. The number of carbonyl (C=O) groups is 3. The molecule has 0 saturated heterocycles. The molecule has 11 heteroatoms. The monoisotopic (exact) mass is 506 g/mol. The summed E-state index contributed by atoms with van der Waals surface area (Å²) in [5.41, 5.74) is 0.581. The molecule has 0 fully saturated rings. The Labute approximate surface area is 193 Å². The molecule has 2 amide bonds. The largest absolute Gasteiger partial charge is 0.497 e. The number of hydrogen-bond donors (Lipinski definition) is 1. The van der Waals surface area contributed by atoms with Crippen LogP contribution in [0.5, 0.6) is 11.5 Å². The van der Waals surface area contributed by atoms with Crippen molar-refractivity contribution in [2.24, 2.45) is 7.05 Å². The van der Waals surface area contributed by atoms with Gasteiger partial charge in [0.2, 0.25) is 0 Å². The number of aromatic nitrogens is 2. The number of carbonyl (C=O) groups excluding carboxylic acids is 3. The number of nitrogens with zero attached hydrogens (tertiary/aromatic N) is 3. The lowest BCUT2D eigenvalue weighted by molar-refractivity contribution is -0.137. The molecule has 2 heterocycles. The van der Waals surface area contributed by atoms with Crippen LogP contribution in [-0.2, 0) is 16.6 Å². The molecule has 2 aromatic rings. The molecule has 1 aromatic heterocycles.